The van der Waals surface area contributed by atoms with E-state index in [-0.39, 0.29) is 17.9 Å². The molecule has 1 saturated carbocycles. The van der Waals surface area contributed by atoms with Crippen LogP contribution in [0.4, 0.5) is 0 Å². The molecule has 144 valence electrons. The first-order chi connectivity index (χ1) is 13.2. The maximum atomic E-state index is 11.5. The quantitative estimate of drug-likeness (QED) is 0.768. The van der Waals surface area contributed by atoms with Crippen LogP contribution >= 0.6 is 0 Å². The highest BCUT2D eigenvalue weighted by molar-refractivity contribution is 5.72. The Morgan fingerprint density at radius 1 is 1.19 bits per heavy atom. The number of amides is 1. The van der Waals surface area contributed by atoms with E-state index >= 15 is 0 Å². The lowest BCUT2D eigenvalue weighted by Crippen LogP contribution is -2.27. The van der Waals surface area contributed by atoms with E-state index in [1.54, 1.807) is 26.4 Å². The van der Waals surface area contributed by atoms with Gasteiger partial charge in [-0.1, -0.05) is 6.07 Å². The highest BCUT2D eigenvalue weighted by Gasteiger charge is 2.20. The molecule has 5 nitrogen and oxygen atoms in total. The van der Waals surface area contributed by atoms with Crippen LogP contribution in [0, 0.1) is 0 Å². The van der Waals surface area contributed by atoms with E-state index in [1.165, 1.54) is 18.4 Å². The van der Waals surface area contributed by atoms with Crippen LogP contribution < -0.4 is 14.8 Å². The summed E-state index contributed by atoms with van der Waals surface area (Å²) in [6.45, 7) is 2.12. The van der Waals surface area contributed by atoms with E-state index in [2.05, 4.69) is 22.4 Å². The molecule has 0 bridgehead atoms. The molecule has 1 atom stereocenters. The smallest absolute Gasteiger partial charge is 0.216 e. The minimum absolute atomic E-state index is 0.0225. The van der Waals surface area contributed by atoms with Crippen molar-refractivity contribution in [2.24, 2.45) is 0 Å². The molecule has 1 aromatic heterocycles. The lowest BCUT2D eigenvalue weighted by Gasteiger charge is -2.21. The maximum Gasteiger partial charge on any atom is 0.216 e. The summed E-state index contributed by atoms with van der Waals surface area (Å²) < 4.78 is 11.7. The van der Waals surface area contributed by atoms with Crippen molar-refractivity contribution in [3.63, 3.8) is 0 Å². The van der Waals surface area contributed by atoms with E-state index in [1.807, 2.05) is 18.2 Å². The number of carbonyl (C=O) groups is 1. The minimum Gasteiger partial charge on any atom is -0.493 e. The molecule has 1 N–H and O–H groups in total. The van der Waals surface area contributed by atoms with E-state index < -0.39 is 0 Å². The molecule has 0 spiro atoms. The van der Waals surface area contributed by atoms with Crippen LogP contribution in [0.5, 0.6) is 11.5 Å². The van der Waals surface area contributed by atoms with Crippen molar-refractivity contribution in [1.29, 1.82) is 0 Å². The molecular formula is C22H28N2O3. The Labute approximate surface area is 161 Å². The van der Waals surface area contributed by atoms with Gasteiger partial charge in [-0.2, -0.15) is 0 Å². The molecule has 0 radical (unpaired) electrons. The van der Waals surface area contributed by atoms with Gasteiger partial charge in [-0.15, -0.1) is 0 Å². The van der Waals surface area contributed by atoms with Crippen LogP contribution in [0.2, 0.25) is 0 Å². The summed E-state index contributed by atoms with van der Waals surface area (Å²) in [6.07, 6.45) is 9.32. The number of hydrogen-bond donors (Lipinski definition) is 1. The molecule has 1 aliphatic rings. The summed E-state index contributed by atoms with van der Waals surface area (Å²) >= 11 is 0. The fourth-order valence-corrected chi connectivity index (χ4v) is 3.60. The average Bonchev–Trinajstić information content (AvgIpc) is 3.19. The second kappa shape index (κ2) is 9.40. The van der Waals surface area contributed by atoms with Gasteiger partial charge >= 0.3 is 0 Å². The molecular weight excluding hydrogens is 340 g/mol. The monoisotopic (exact) mass is 368 g/mol. The second-order valence-corrected chi connectivity index (χ2v) is 7.13. The number of nitrogens with one attached hydrogen (secondary N) is 1. The third-order valence-corrected chi connectivity index (χ3v) is 5.08. The largest absolute Gasteiger partial charge is 0.493 e. The summed E-state index contributed by atoms with van der Waals surface area (Å²) in [6, 6.07) is 10.1. The Kier molecular flexibility index (Phi) is 6.69. The van der Waals surface area contributed by atoms with Crippen molar-refractivity contribution in [2.45, 2.75) is 51.0 Å². The molecule has 2 aromatic rings. The van der Waals surface area contributed by atoms with Crippen LogP contribution in [0.1, 0.15) is 49.7 Å². The lowest BCUT2D eigenvalue weighted by atomic mass is 9.92. The average molecular weight is 368 g/mol. The molecule has 1 amide bonds. The lowest BCUT2D eigenvalue weighted by molar-refractivity contribution is -0.119. The maximum absolute atomic E-state index is 11.5. The molecule has 1 heterocycles. The zero-order chi connectivity index (χ0) is 19.1. The first kappa shape index (κ1) is 19.2. The molecule has 27 heavy (non-hydrogen) atoms. The van der Waals surface area contributed by atoms with E-state index in [0.717, 1.165) is 36.3 Å². The van der Waals surface area contributed by atoms with E-state index in [4.69, 9.17) is 9.47 Å². The summed E-state index contributed by atoms with van der Waals surface area (Å²) in [5.74, 6) is 1.68. The number of methoxy groups -OCH3 is 1. The predicted molar refractivity (Wildman–Crippen MR) is 105 cm³/mol. The van der Waals surface area contributed by atoms with Gasteiger partial charge in [0.1, 0.15) is 0 Å². The van der Waals surface area contributed by atoms with Crippen molar-refractivity contribution in [3.8, 4) is 11.5 Å². The standard InChI is InChI=1S/C22H28N2O3/c1-16(25)24-15-19(13-17-9-11-23-12-10-17)18-7-8-21(26-2)22(14-18)27-20-5-3-4-6-20/h7-12,14,19-20H,3-6,13,15H2,1-2H3,(H,24,25)/t19-/m1/s1. The van der Waals surface area contributed by atoms with Gasteiger partial charge in [0.05, 0.1) is 13.2 Å². The fraction of sp³-hybridized carbons (Fsp3) is 0.455. The van der Waals surface area contributed by atoms with Gasteiger partial charge in [-0.25, -0.2) is 0 Å². The number of pyridine rings is 1. The zero-order valence-corrected chi connectivity index (χ0v) is 16.1. The van der Waals surface area contributed by atoms with Crippen molar-refractivity contribution in [1.82, 2.24) is 10.3 Å². The summed E-state index contributed by atoms with van der Waals surface area (Å²) in [5.41, 5.74) is 2.32. The highest BCUT2D eigenvalue weighted by atomic mass is 16.5. The second-order valence-electron chi connectivity index (χ2n) is 7.13. The zero-order valence-electron chi connectivity index (χ0n) is 16.1. The normalized spacial score (nSPS) is 15.3. The number of rotatable bonds is 8. The van der Waals surface area contributed by atoms with E-state index in [0.29, 0.717) is 6.54 Å². The third kappa shape index (κ3) is 5.46. The van der Waals surface area contributed by atoms with Crippen LogP contribution in [0.25, 0.3) is 0 Å². The summed E-state index contributed by atoms with van der Waals surface area (Å²) in [7, 11) is 1.67. The van der Waals surface area contributed by atoms with Crippen LogP contribution in [-0.4, -0.2) is 30.6 Å². The highest BCUT2D eigenvalue weighted by Crippen LogP contribution is 2.35. The van der Waals surface area contributed by atoms with Gasteiger partial charge in [-0.3, -0.25) is 9.78 Å². The first-order valence-electron chi connectivity index (χ1n) is 9.63. The number of nitrogens with zero attached hydrogens (tertiary/aromatic N) is 1. The predicted octanol–water partition coefficient (Wildman–Crippen LogP) is 3.87. The molecule has 5 heteroatoms. The number of hydrogen-bond acceptors (Lipinski definition) is 4. The van der Waals surface area contributed by atoms with Gasteiger partial charge in [0.2, 0.25) is 5.91 Å². The molecule has 0 saturated heterocycles. The van der Waals surface area contributed by atoms with Crippen molar-refractivity contribution >= 4 is 5.91 Å². The van der Waals surface area contributed by atoms with E-state index in [9.17, 15) is 4.79 Å². The Morgan fingerprint density at radius 2 is 1.93 bits per heavy atom. The summed E-state index contributed by atoms with van der Waals surface area (Å²) in [5, 5.41) is 2.96. The Balaban J connectivity index is 1.83. The topological polar surface area (TPSA) is 60.5 Å². The van der Waals surface area contributed by atoms with Gasteiger partial charge < -0.3 is 14.8 Å². The van der Waals surface area contributed by atoms with Crippen LogP contribution in [0.15, 0.2) is 42.7 Å². The van der Waals surface area contributed by atoms with Crippen molar-refractivity contribution < 1.29 is 14.3 Å². The molecule has 0 unspecified atom stereocenters. The Hall–Kier alpha value is -2.56. The van der Waals surface area contributed by atoms with Gasteiger partial charge in [-0.05, 0) is 67.5 Å². The van der Waals surface area contributed by atoms with Gasteiger partial charge in [0, 0.05) is 31.8 Å². The molecule has 1 fully saturated rings. The number of ether oxygens (including phenoxy) is 2. The summed E-state index contributed by atoms with van der Waals surface area (Å²) in [4.78, 5) is 15.6. The number of carbonyl (C=O) groups excluding carboxylic acids is 1. The third-order valence-electron chi connectivity index (χ3n) is 5.08. The van der Waals surface area contributed by atoms with Crippen LogP contribution in [-0.2, 0) is 11.2 Å². The van der Waals surface area contributed by atoms with Crippen LogP contribution in [0.3, 0.4) is 0 Å². The molecule has 1 aromatic carbocycles. The molecule has 1 aliphatic carbocycles. The first-order valence-corrected chi connectivity index (χ1v) is 9.63. The Bertz CT molecular complexity index is 742. The number of aromatic nitrogens is 1. The van der Waals surface area contributed by atoms with Crippen molar-refractivity contribution in [2.75, 3.05) is 13.7 Å². The Morgan fingerprint density at radius 3 is 2.59 bits per heavy atom. The number of benzene rings is 1. The van der Waals surface area contributed by atoms with Crippen molar-refractivity contribution in [3.05, 3.63) is 53.9 Å². The molecule has 3 rings (SSSR count). The minimum atomic E-state index is -0.0225. The molecule has 0 aliphatic heterocycles. The fourth-order valence-electron chi connectivity index (χ4n) is 3.60. The van der Waals surface area contributed by atoms with Gasteiger partial charge in [0.25, 0.3) is 0 Å². The van der Waals surface area contributed by atoms with Gasteiger partial charge in [0.15, 0.2) is 11.5 Å². The SMILES string of the molecule is COc1ccc([C@@H](CNC(C)=O)Cc2ccncc2)cc1OC1CCCC1.